The Morgan fingerprint density at radius 3 is 2.94 bits per heavy atom. The molecule has 2 aromatic rings. The molecule has 1 atom stereocenters. The Morgan fingerprint density at radius 1 is 1.59 bits per heavy atom. The maximum Gasteiger partial charge on any atom is 0.201 e. The highest BCUT2D eigenvalue weighted by atomic mass is 79.9. The molecule has 0 radical (unpaired) electrons. The van der Waals surface area contributed by atoms with Gasteiger partial charge >= 0.3 is 0 Å². The van der Waals surface area contributed by atoms with Crippen molar-refractivity contribution >= 4 is 32.9 Å². The Kier molecular flexibility index (Phi) is 3.35. The second kappa shape index (κ2) is 4.62. The highest BCUT2D eigenvalue weighted by Crippen LogP contribution is 2.27. The van der Waals surface area contributed by atoms with E-state index >= 15 is 0 Å². The molecule has 6 heteroatoms. The molecule has 1 heterocycles. The Hall–Kier alpha value is -1.14. The molecule has 0 aliphatic heterocycles. The van der Waals surface area contributed by atoms with Gasteiger partial charge < -0.3 is 15.0 Å². The van der Waals surface area contributed by atoms with Crippen molar-refractivity contribution < 1.29 is 9.13 Å². The zero-order chi connectivity index (χ0) is 12.6. The van der Waals surface area contributed by atoms with Gasteiger partial charge in [0.05, 0.1) is 28.2 Å². The predicted molar refractivity (Wildman–Crippen MR) is 68.4 cm³/mol. The summed E-state index contributed by atoms with van der Waals surface area (Å²) in [5, 5.41) is 0. The number of halogens is 2. The van der Waals surface area contributed by atoms with Gasteiger partial charge in [0.15, 0.2) is 0 Å². The molecule has 1 aromatic carbocycles. The number of nitrogens with zero attached hydrogens (tertiary/aromatic N) is 2. The van der Waals surface area contributed by atoms with Crippen molar-refractivity contribution in [1.82, 2.24) is 9.55 Å². The van der Waals surface area contributed by atoms with Crippen LogP contribution in [-0.4, -0.2) is 23.3 Å². The maximum atomic E-state index is 13.5. The minimum Gasteiger partial charge on any atom is -0.383 e. The largest absolute Gasteiger partial charge is 0.383 e. The van der Waals surface area contributed by atoms with Gasteiger partial charge in [0.1, 0.15) is 5.82 Å². The van der Waals surface area contributed by atoms with Crippen molar-refractivity contribution in [3.8, 4) is 0 Å². The van der Waals surface area contributed by atoms with E-state index in [1.165, 1.54) is 6.07 Å². The summed E-state index contributed by atoms with van der Waals surface area (Å²) >= 11 is 3.13. The molecule has 0 saturated carbocycles. The number of hydrogen-bond acceptors (Lipinski definition) is 3. The van der Waals surface area contributed by atoms with Crippen LogP contribution in [0.15, 0.2) is 16.6 Å². The van der Waals surface area contributed by atoms with Gasteiger partial charge in [0, 0.05) is 13.2 Å². The maximum absolute atomic E-state index is 13.5. The molecule has 0 fully saturated rings. The number of hydrogen-bond donors (Lipinski definition) is 1. The number of imidazole rings is 1. The van der Waals surface area contributed by atoms with E-state index in [0.717, 1.165) is 0 Å². The summed E-state index contributed by atoms with van der Waals surface area (Å²) in [4.78, 5) is 4.21. The average molecular weight is 302 g/mol. The van der Waals surface area contributed by atoms with Gasteiger partial charge in [-0.15, -0.1) is 0 Å². The summed E-state index contributed by atoms with van der Waals surface area (Å²) < 4.78 is 20.8. The van der Waals surface area contributed by atoms with Crippen molar-refractivity contribution in [3.05, 3.63) is 22.4 Å². The highest BCUT2D eigenvalue weighted by molar-refractivity contribution is 9.10. The van der Waals surface area contributed by atoms with Crippen molar-refractivity contribution in [2.75, 3.05) is 19.5 Å². The second-order valence-corrected chi connectivity index (χ2v) is 4.75. The molecular formula is C11H13BrFN3O. The van der Waals surface area contributed by atoms with Gasteiger partial charge in [-0.2, -0.15) is 0 Å². The van der Waals surface area contributed by atoms with Crippen molar-refractivity contribution in [3.63, 3.8) is 0 Å². The van der Waals surface area contributed by atoms with Crippen molar-refractivity contribution in [2.24, 2.45) is 0 Å². The summed E-state index contributed by atoms with van der Waals surface area (Å²) in [6, 6.07) is 3.05. The summed E-state index contributed by atoms with van der Waals surface area (Å²) in [7, 11) is 1.61. The minimum atomic E-state index is -0.330. The van der Waals surface area contributed by atoms with Crippen LogP contribution in [0.4, 0.5) is 10.3 Å². The summed E-state index contributed by atoms with van der Waals surface area (Å²) in [6.45, 7) is 2.44. The lowest BCUT2D eigenvalue weighted by Crippen LogP contribution is -2.13. The van der Waals surface area contributed by atoms with Gasteiger partial charge in [-0.25, -0.2) is 9.37 Å². The number of benzene rings is 1. The van der Waals surface area contributed by atoms with Gasteiger partial charge in [0.2, 0.25) is 5.95 Å². The van der Waals surface area contributed by atoms with Gasteiger partial charge in [0.25, 0.3) is 0 Å². The predicted octanol–water partition coefficient (Wildman–Crippen LogP) is 2.73. The first-order valence-corrected chi connectivity index (χ1v) is 5.95. The van der Waals surface area contributed by atoms with Crippen LogP contribution >= 0.6 is 15.9 Å². The van der Waals surface area contributed by atoms with E-state index in [0.29, 0.717) is 28.1 Å². The first kappa shape index (κ1) is 12.3. The van der Waals surface area contributed by atoms with Crippen molar-refractivity contribution in [2.45, 2.75) is 13.0 Å². The SMILES string of the molecule is COCC(C)n1c(N)nc2cc(Br)c(F)cc21. The first-order valence-electron chi connectivity index (χ1n) is 5.16. The lowest BCUT2D eigenvalue weighted by Gasteiger charge is -2.14. The number of nitrogens with two attached hydrogens (primary N) is 1. The standard InChI is InChI=1S/C11H13BrFN3O/c1-6(5-17-2)16-10-4-8(13)7(12)3-9(10)15-11(16)14/h3-4,6H,5H2,1-2H3,(H2,14,15). The number of fused-ring (bicyclic) bond motifs is 1. The Bertz CT molecular complexity index is 555. The molecule has 2 rings (SSSR count). The van der Waals surface area contributed by atoms with Gasteiger partial charge in [-0.05, 0) is 28.9 Å². The molecule has 0 amide bonds. The first-order chi connectivity index (χ1) is 8.04. The van der Waals surface area contributed by atoms with E-state index in [1.54, 1.807) is 17.7 Å². The molecule has 17 heavy (non-hydrogen) atoms. The smallest absolute Gasteiger partial charge is 0.201 e. The fourth-order valence-corrected chi connectivity index (χ4v) is 2.22. The number of rotatable bonds is 3. The molecule has 0 aliphatic carbocycles. The third-order valence-electron chi connectivity index (χ3n) is 2.61. The average Bonchev–Trinajstić information content (AvgIpc) is 2.55. The van der Waals surface area contributed by atoms with Crippen LogP contribution in [0.1, 0.15) is 13.0 Å². The van der Waals surface area contributed by atoms with Crippen LogP contribution in [0.25, 0.3) is 11.0 Å². The number of nitrogen functional groups attached to an aromatic ring is 1. The summed E-state index contributed by atoms with van der Waals surface area (Å²) in [5.41, 5.74) is 7.18. The number of aromatic nitrogens is 2. The van der Waals surface area contributed by atoms with E-state index in [9.17, 15) is 4.39 Å². The molecule has 1 aromatic heterocycles. The van der Waals surface area contributed by atoms with E-state index < -0.39 is 0 Å². The second-order valence-electron chi connectivity index (χ2n) is 3.90. The topological polar surface area (TPSA) is 53.1 Å². The molecular weight excluding hydrogens is 289 g/mol. The highest BCUT2D eigenvalue weighted by Gasteiger charge is 2.15. The van der Waals surface area contributed by atoms with E-state index in [-0.39, 0.29) is 11.9 Å². The number of ether oxygens (including phenoxy) is 1. The normalized spacial score (nSPS) is 13.2. The molecule has 0 bridgehead atoms. The summed E-state index contributed by atoms with van der Waals surface area (Å²) in [6.07, 6.45) is 0. The van der Waals surface area contributed by atoms with Crippen LogP contribution in [-0.2, 0) is 4.74 Å². The third-order valence-corrected chi connectivity index (χ3v) is 3.22. The van der Waals surface area contributed by atoms with Crippen LogP contribution in [0.2, 0.25) is 0 Å². The van der Waals surface area contributed by atoms with E-state index in [1.807, 2.05) is 6.92 Å². The van der Waals surface area contributed by atoms with E-state index in [4.69, 9.17) is 10.5 Å². The number of methoxy groups -OCH3 is 1. The molecule has 0 spiro atoms. The van der Waals surface area contributed by atoms with Crippen LogP contribution in [0.3, 0.4) is 0 Å². The van der Waals surface area contributed by atoms with Crippen LogP contribution in [0.5, 0.6) is 0 Å². The van der Waals surface area contributed by atoms with E-state index in [2.05, 4.69) is 20.9 Å². The fraction of sp³-hybridized carbons (Fsp3) is 0.364. The summed E-state index contributed by atoms with van der Waals surface area (Å²) in [5.74, 6) is 0.0327. The molecule has 4 nitrogen and oxygen atoms in total. The zero-order valence-electron chi connectivity index (χ0n) is 9.58. The molecule has 92 valence electrons. The molecule has 2 N–H and O–H groups in total. The Balaban J connectivity index is 2.62. The lowest BCUT2D eigenvalue weighted by molar-refractivity contribution is 0.164. The van der Waals surface area contributed by atoms with Crippen LogP contribution < -0.4 is 5.73 Å². The molecule has 0 saturated heterocycles. The number of anilines is 1. The lowest BCUT2D eigenvalue weighted by atomic mass is 10.3. The van der Waals surface area contributed by atoms with Gasteiger partial charge in [-0.3, -0.25) is 0 Å². The zero-order valence-corrected chi connectivity index (χ0v) is 11.2. The van der Waals surface area contributed by atoms with Crippen molar-refractivity contribution in [1.29, 1.82) is 0 Å². The fourth-order valence-electron chi connectivity index (χ4n) is 1.89. The third kappa shape index (κ3) is 2.14. The van der Waals surface area contributed by atoms with Crippen LogP contribution in [0, 0.1) is 5.82 Å². The Labute approximate surface area is 107 Å². The molecule has 0 aliphatic rings. The molecule has 1 unspecified atom stereocenters. The van der Waals surface area contributed by atoms with Gasteiger partial charge in [-0.1, -0.05) is 0 Å². The monoisotopic (exact) mass is 301 g/mol. The minimum absolute atomic E-state index is 0.00516. The quantitative estimate of drug-likeness (QED) is 0.948. The Morgan fingerprint density at radius 2 is 2.29 bits per heavy atom.